The summed E-state index contributed by atoms with van der Waals surface area (Å²) in [5.41, 5.74) is 0. The van der Waals surface area contributed by atoms with E-state index in [4.69, 9.17) is 0 Å². The highest BCUT2D eigenvalue weighted by molar-refractivity contribution is 5.86. The van der Waals surface area contributed by atoms with Crippen molar-refractivity contribution in [2.75, 3.05) is 0 Å². The van der Waals surface area contributed by atoms with Gasteiger partial charge in [0.05, 0.1) is 0 Å². The average Bonchev–Trinajstić information content (AvgIpc) is 2.33. The fraction of sp³-hybridized carbons (Fsp3) is 0.812. The van der Waals surface area contributed by atoms with E-state index in [1.54, 1.807) is 0 Å². The molecule has 0 amide bonds. The van der Waals surface area contributed by atoms with Gasteiger partial charge in [-0.3, -0.25) is 4.79 Å². The highest BCUT2D eigenvalue weighted by Crippen LogP contribution is 2.10. The van der Waals surface area contributed by atoms with Crippen molar-refractivity contribution in [3.05, 3.63) is 13.3 Å². The fourth-order valence-electron chi connectivity index (χ4n) is 1.94. The van der Waals surface area contributed by atoms with Crippen molar-refractivity contribution in [2.24, 2.45) is 0 Å². The molecule has 2 radical (unpaired) electrons. The van der Waals surface area contributed by atoms with Gasteiger partial charge in [-0.2, -0.15) is 0 Å². The van der Waals surface area contributed by atoms with Gasteiger partial charge >= 0.3 is 0 Å². The molecule has 0 atom stereocenters. The molecule has 0 saturated carbocycles. The summed E-state index contributed by atoms with van der Waals surface area (Å²) < 4.78 is 0. The molecule has 0 fully saturated rings. The Morgan fingerprint density at radius 3 is 2.24 bits per heavy atom. The van der Waals surface area contributed by atoms with Crippen molar-refractivity contribution in [1.29, 1.82) is 0 Å². The molecule has 0 rings (SSSR count). The maximum absolute atomic E-state index is 11.5. The summed E-state index contributed by atoms with van der Waals surface area (Å²) in [4.78, 5) is 11.5. The summed E-state index contributed by atoms with van der Waals surface area (Å²) >= 11 is 0. The molecule has 0 heterocycles. The third-order valence-electron chi connectivity index (χ3n) is 3.10. The van der Waals surface area contributed by atoms with Crippen LogP contribution in [-0.4, -0.2) is 5.78 Å². The maximum Gasteiger partial charge on any atom is 0.136 e. The van der Waals surface area contributed by atoms with Gasteiger partial charge in [-0.05, 0) is 12.8 Å². The highest BCUT2D eigenvalue weighted by Gasteiger charge is 2.01. The number of ketones is 1. The Morgan fingerprint density at radius 2 is 1.59 bits per heavy atom. The summed E-state index contributed by atoms with van der Waals surface area (Å²) in [6.45, 7) is 6.03. The Kier molecular flexibility index (Phi) is 13.5. The minimum atomic E-state index is 0.350. The van der Waals surface area contributed by atoms with Gasteiger partial charge in [0.2, 0.25) is 0 Å². The predicted molar refractivity (Wildman–Crippen MR) is 75.7 cm³/mol. The molecule has 0 unspecified atom stereocenters. The molecule has 17 heavy (non-hydrogen) atoms. The van der Waals surface area contributed by atoms with Crippen LogP contribution in [0, 0.1) is 13.3 Å². The molecule has 0 aliphatic heterocycles. The van der Waals surface area contributed by atoms with Gasteiger partial charge in [0, 0.05) is 12.8 Å². The lowest BCUT2D eigenvalue weighted by atomic mass is 10.0. The van der Waals surface area contributed by atoms with Gasteiger partial charge in [0.15, 0.2) is 0 Å². The minimum absolute atomic E-state index is 0.350. The molecule has 0 saturated heterocycles. The highest BCUT2D eigenvalue weighted by atomic mass is 16.1. The number of rotatable bonds is 13. The number of unbranched alkanes of at least 4 members (excludes halogenated alkanes) is 9. The minimum Gasteiger partial charge on any atom is -0.299 e. The third kappa shape index (κ3) is 13.6. The summed E-state index contributed by atoms with van der Waals surface area (Å²) in [6, 6.07) is 0. The van der Waals surface area contributed by atoms with Crippen LogP contribution in [0.5, 0.6) is 0 Å². The van der Waals surface area contributed by atoms with Crippen LogP contribution in [-0.2, 0) is 4.79 Å². The second kappa shape index (κ2) is 13.7. The Bertz CT molecular complexity index is 163. The summed E-state index contributed by atoms with van der Waals surface area (Å²) in [7, 11) is 0. The monoisotopic (exact) mass is 238 g/mol. The topological polar surface area (TPSA) is 17.1 Å². The van der Waals surface area contributed by atoms with Gasteiger partial charge in [0.25, 0.3) is 0 Å². The van der Waals surface area contributed by atoms with E-state index in [1.165, 1.54) is 38.5 Å². The lowest BCUT2D eigenvalue weighted by molar-refractivity contribution is -0.116. The molecule has 0 aromatic rings. The van der Waals surface area contributed by atoms with E-state index < -0.39 is 0 Å². The molecule has 0 N–H and O–H groups in total. The quantitative estimate of drug-likeness (QED) is 0.398. The van der Waals surface area contributed by atoms with Gasteiger partial charge in [-0.15, -0.1) is 0 Å². The first-order valence-corrected chi connectivity index (χ1v) is 7.46. The zero-order valence-electron chi connectivity index (χ0n) is 11.7. The summed E-state index contributed by atoms with van der Waals surface area (Å²) in [5, 5.41) is 0. The first-order valence-electron chi connectivity index (χ1n) is 7.46. The average molecular weight is 238 g/mol. The van der Waals surface area contributed by atoms with E-state index in [1.807, 2.05) is 6.42 Å². The van der Waals surface area contributed by atoms with Crippen LogP contribution in [0.15, 0.2) is 0 Å². The Hall–Kier alpha value is -0.330. The smallest absolute Gasteiger partial charge is 0.136 e. The molecular formula is C16H30O. The third-order valence-corrected chi connectivity index (χ3v) is 3.10. The van der Waals surface area contributed by atoms with Crippen LogP contribution in [0.3, 0.4) is 0 Å². The van der Waals surface area contributed by atoms with E-state index in [0.29, 0.717) is 5.78 Å². The second-order valence-corrected chi connectivity index (χ2v) is 4.89. The molecule has 0 aromatic carbocycles. The van der Waals surface area contributed by atoms with E-state index in [2.05, 4.69) is 13.8 Å². The van der Waals surface area contributed by atoms with Crippen LogP contribution in [0.1, 0.15) is 84.0 Å². The largest absolute Gasteiger partial charge is 0.299 e. The van der Waals surface area contributed by atoms with Gasteiger partial charge in [0.1, 0.15) is 5.78 Å². The van der Waals surface area contributed by atoms with E-state index in [9.17, 15) is 4.79 Å². The molecule has 0 bridgehead atoms. The Morgan fingerprint density at radius 1 is 0.941 bits per heavy atom. The molecule has 1 nitrogen and oxygen atoms in total. The first kappa shape index (κ1) is 16.7. The molecule has 1 heteroatoms. The number of Topliss-reactive ketones (excluding diaryl/α,β-unsaturated/α-hetero) is 1. The SMILES string of the molecule is [CH2]CCCC[CH]C(=O)CCCCCCCCC. The van der Waals surface area contributed by atoms with Crippen molar-refractivity contribution >= 4 is 5.78 Å². The van der Waals surface area contributed by atoms with Crippen molar-refractivity contribution in [1.82, 2.24) is 0 Å². The number of hydrogen-bond donors (Lipinski definition) is 0. The Balaban J connectivity index is 3.11. The van der Waals surface area contributed by atoms with Crippen molar-refractivity contribution < 1.29 is 4.79 Å². The summed E-state index contributed by atoms with van der Waals surface area (Å²) in [6.07, 6.45) is 15.8. The van der Waals surface area contributed by atoms with E-state index in [-0.39, 0.29) is 0 Å². The van der Waals surface area contributed by atoms with Crippen molar-refractivity contribution in [3.63, 3.8) is 0 Å². The standard InChI is InChI=1S/C16H30O/c1-3-5-7-9-10-11-13-15-16(17)14-12-8-6-4-2/h14H,2-13,15H2,1H3. The zero-order valence-corrected chi connectivity index (χ0v) is 11.7. The maximum atomic E-state index is 11.5. The molecule has 0 aliphatic carbocycles. The van der Waals surface area contributed by atoms with Gasteiger partial charge in [-0.1, -0.05) is 71.6 Å². The van der Waals surface area contributed by atoms with Crippen molar-refractivity contribution in [3.8, 4) is 0 Å². The van der Waals surface area contributed by atoms with Crippen LogP contribution >= 0.6 is 0 Å². The second-order valence-electron chi connectivity index (χ2n) is 4.89. The van der Waals surface area contributed by atoms with Gasteiger partial charge in [-0.25, -0.2) is 0 Å². The lowest BCUT2D eigenvalue weighted by Gasteiger charge is -2.01. The predicted octanol–water partition coefficient (Wildman–Crippen LogP) is 5.29. The normalized spacial score (nSPS) is 10.7. The molecule has 0 aliphatic rings. The number of carbonyl (C=O) groups excluding carboxylic acids is 1. The Labute approximate surface area is 108 Å². The zero-order chi connectivity index (χ0) is 12.8. The van der Waals surface area contributed by atoms with Crippen LogP contribution in [0.2, 0.25) is 0 Å². The summed E-state index contributed by atoms with van der Waals surface area (Å²) in [5.74, 6) is 0.350. The van der Waals surface area contributed by atoms with Crippen LogP contribution < -0.4 is 0 Å². The van der Waals surface area contributed by atoms with E-state index in [0.717, 1.165) is 38.5 Å². The molecular weight excluding hydrogens is 208 g/mol. The first-order chi connectivity index (χ1) is 8.31. The fourth-order valence-corrected chi connectivity index (χ4v) is 1.94. The number of hydrogen-bond acceptors (Lipinski definition) is 1. The van der Waals surface area contributed by atoms with E-state index >= 15 is 0 Å². The van der Waals surface area contributed by atoms with Crippen LogP contribution in [0.25, 0.3) is 0 Å². The lowest BCUT2D eigenvalue weighted by Crippen LogP contribution is -1.98. The van der Waals surface area contributed by atoms with Crippen LogP contribution in [0.4, 0.5) is 0 Å². The van der Waals surface area contributed by atoms with Crippen molar-refractivity contribution in [2.45, 2.75) is 84.0 Å². The number of carbonyl (C=O) groups is 1. The van der Waals surface area contributed by atoms with Gasteiger partial charge < -0.3 is 0 Å². The molecule has 0 aromatic heterocycles. The molecule has 0 spiro atoms. The molecule has 100 valence electrons.